The topological polar surface area (TPSA) is 654 Å². The number of benzene rings is 4. The SMILES string of the molecule is COc1cc2cc(c1Cl)N(C)C(=O)C[C@H](OC(=O)[C@H](C)N(C)C(=O)CCSSC[C@H](NC(C)=O)C(=O)N[C@@H](CC(=O)O)C(=O)N[C@@H](CC(=O)O)C(=O)N[C@H](Cc1ccccc1)C(=O)N[C@H]1CSSC[C@@H](C(=O)N[C@H](CO)[C@@H](C)O)NC(=O)[C@H]([C@@H](C)O)NC(=O)[C@H](CCCCN)NC(=O)[C@@H](Cc3c[nH]c4ccccc34)NC(=O)[C@H](Cc3ccccc3)NC1=O)[C@]1(C)O[C@H]1[C@H](C)[C@@H]1C[C@@](O)(NC(=O)O1)[C@H](OC)/C=C/C=C(\C)C2. The van der Waals surface area contributed by atoms with Crippen LogP contribution in [-0.2, 0) is 121 Å². The number of carbonyl (C=O) groups excluding carboxylic acids is 15. The standard InChI is InChI=1S/C97H129ClN16O28S4/c1-50-23-22-31-75(139-11)97(137)44-74(140-95(136)112-97)51(2)83-96(7,142-83)76(43-78(120)114(9)72-38-58(35-50)39-73(138-10)81(72)98)141-94(135)52(3)113(8)77(119)32-34-143-144-47-69(101-55(6)118)90(131)107-67(42-80(123)124)89(130)106-66(41-79(121)122)88(129)103-64(37-57-26-16-13-17-27-57)86(127)109-70-48-145-146-49-71(92(133)108-68(46-115)53(4)116)110-93(134)82(54(5)117)111-84(125)62(30-20-21-33-99)102-87(128)65(40-59-45-100-61-29-19-18-28-60(59)61)105-85(126)63(104-91(70)132)36-56-24-14-12-15-25-56/h12-19,22-29,31,38-39,45,51-54,62-71,74-76,82-83,100,115-117,137H,20-21,30,32-37,40-44,46-49,99H2,1-11H3,(H,101,118)(H,102,128)(H,103,129)(H,104,132)(H,105,126)(H,106,130)(H,107,131)(H,108,133)(H,109,127)(H,110,134)(H,111,125)(H,112,136)(H,121,122)(H,123,124)/b31-22+,50-23+/t51-,52+,53-,54-,62+,63+,64-,65-,66+,67+,68-,69+,70+,71+,74+,75-,76+,82+,83+,96+,97+/m1/s1. The molecule has 14 amide bonds. The average Bonchev–Trinajstić information content (AvgIpc) is 1.57. The Kier molecular flexibility index (Phi) is 44.7. The van der Waals surface area contributed by atoms with Crippen LogP contribution in [0.4, 0.5) is 10.5 Å². The third kappa shape index (κ3) is 33.7. The number of nitrogens with zero attached hydrogens (tertiary/aromatic N) is 2. The van der Waals surface area contributed by atoms with Crippen molar-refractivity contribution in [1.82, 2.24) is 73.7 Å². The lowest BCUT2D eigenvalue weighted by Gasteiger charge is -2.42. The fourth-order valence-electron chi connectivity index (χ4n) is 16.5. The highest BCUT2D eigenvalue weighted by molar-refractivity contribution is 8.77. The van der Waals surface area contributed by atoms with Gasteiger partial charge in [0.2, 0.25) is 76.8 Å². The van der Waals surface area contributed by atoms with Crippen LogP contribution in [-0.4, -0.2) is 326 Å². The molecule has 3 saturated heterocycles. The van der Waals surface area contributed by atoms with Crippen molar-refractivity contribution < 1.29 is 136 Å². The van der Waals surface area contributed by atoms with Crippen molar-refractivity contribution in [3.05, 3.63) is 154 Å². The van der Waals surface area contributed by atoms with E-state index in [9.17, 15) is 93.0 Å². The third-order valence-corrected chi connectivity index (χ3v) is 30.3. The second kappa shape index (κ2) is 55.6. The molecule has 9 rings (SSSR count). The Morgan fingerprint density at radius 2 is 1.33 bits per heavy atom. The van der Waals surface area contributed by atoms with Crippen LogP contribution in [0.15, 0.2) is 127 Å². The number of carbonyl (C=O) groups is 17. The summed E-state index contributed by atoms with van der Waals surface area (Å²) in [6.45, 7) is 9.39. The summed E-state index contributed by atoms with van der Waals surface area (Å²) < 4.78 is 29.6. The summed E-state index contributed by atoms with van der Waals surface area (Å²) in [6.07, 6.45) is -5.37. The number of aromatic amines is 1. The summed E-state index contributed by atoms with van der Waals surface area (Å²) in [6, 6.07) is 6.11. The Hall–Kier alpha value is -12.1. The summed E-state index contributed by atoms with van der Waals surface area (Å²) in [5, 5.41) is 95.3. The Morgan fingerprint density at radius 1 is 0.726 bits per heavy atom. The van der Waals surface area contributed by atoms with Crippen molar-refractivity contribution >= 4 is 172 Å². The number of fused-ring (bicyclic) bond motifs is 6. The number of epoxide rings is 1. The molecule has 4 aromatic carbocycles. The highest BCUT2D eigenvalue weighted by Crippen LogP contribution is 2.50. The van der Waals surface area contributed by atoms with E-state index in [1.807, 2.05) is 6.92 Å². The Balaban J connectivity index is 0.919. The van der Waals surface area contributed by atoms with E-state index in [1.54, 1.807) is 123 Å². The number of carboxylic acid groups (broad SMARTS) is 2. The van der Waals surface area contributed by atoms with Crippen molar-refractivity contribution in [2.75, 3.05) is 69.4 Å². The molecule has 21 atom stereocenters. The molecule has 49 heteroatoms. The van der Waals surface area contributed by atoms with Gasteiger partial charge in [0.25, 0.3) is 0 Å². The minimum Gasteiger partial charge on any atom is -0.495 e. The largest absolute Gasteiger partial charge is 0.495 e. The molecule has 4 bridgehead atoms. The van der Waals surface area contributed by atoms with E-state index >= 15 is 19.2 Å². The van der Waals surface area contributed by atoms with E-state index in [1.165, 1.54) is 66.1 Å². The highest BCUT2D eigenvalue weighted by atomic mass is 35.5. The number of esters is 1. The van der Waals surface area contributed by atoms with Crippen molar-refractivity contribution in [2.24, 2.45) is 11.7 Å². The number of H-pyrrole nitrogens is 1. The summed E-state index contributed by atoms with van der Waals surface area (Å²) >= 11 is 6.88. The summed E-state index contributed by atoms with van der Waals surface area (Å²) in [5.74, 6) is -19.5. The second-order valence-corrected chi connectivity index (χ2v) is 41.8. The number of aliphatic carboxylic acids is 2. The van der Waals surface area contributed by atoms with Gasteiger partial charge >= 0.3 is 24.0 Å². The zero-order chi connectivity index (χ0) is 107. The average molecular weight is 2130 g/mol. The van der Waals surface area contributed by atoms with Crippen molar-refractivity contribution in [2.45, 2.75) is 246 Å². The number of aliphatic hydroxyl groups is 4. The molecular formula is C97H129ClN16O28S4. The fourth-order valence-corrected chi connectivity index (χ4v) is 21.3. The van der Waals surface area contributed by atoms with Gasteiger partial charge in [-0.05, 0) is 107 Å². The van der Waals surface area contributed by atoms with Gasteiger partial charge in [-0.2, -0.15) is 0 Å². The second-order valence-electron chi connectivity index (χ2n) is 36.3. The van der Waals surface area contributed by atoms with Gasteiger partial charge in [0.1, 0.15) is 101 Å². The van der Waals surface area contributed by atoms with Gasteiger partial charge in [0, 0.05) is 106 Å². The number of allylic oxidation sites excluding steroid dienone is 3. The van der Waals surface area contributed by atoms with Gasteiger partial charge in [-0.3, -0.25) is 77.2 Å². The summed E-state index contributed by atoms with van der Waals surface area (Å²) in [4.78, 5) is 249. The van der Waals surface area contributed by atoms with Crippen LogP contribution in [0.25, 0.3) is 10.9 Å². The molecule has 21 N–H and O–H groups in total. The fraction of sp³-hybridized carbons (Fsp3) is 0.515. The number of carboxylic acids is 2. The normalized spacial score (nSPS) is 24.7. The van der Waals surface area contributed by atoms with Crippen LogP contribution in [0.1, 0.15) is 122 Å². The number of alkyl carbamates (subject to hydrolysis) is 1. The molecular weight excluding hydrogens is 2000 g/mol. The van der Waals surface area contributed by atoms with Gasteiger partial charge in [0.15, 0.2) is 5.72 Å². The van der Waals surface area contributed by atoms with Crippen LogP contribution < -0.4 is 79.2 Å². The summed E-state index contributed by atoms with van der Waals surface area (Å²) in [7, 11) is 9.15. The molecule has 5 heterocycles. The number of ether oxygens (including phenoxy) is 5. The quantitative estimate of drug-likeness (QED) is 0.0113. The Morgan fingerprint density at radius 3 is 1.95 bits per heavy atom. The van der Waals surface area contributed by atoms with Gasteiger partial charge in [-0.1, -0.05) is 164 Å². The zero-order valence-electron chi connectivity index (χ0n) is 82.4. The number of aromatic nitrogens is 1. The number of hydrogen-bond acceptors (Lipinski definition) is 31. The number of methoxy groups -OCH3 is 2. The molecule has 796 valence electrons. The number of unbranched alkanes of at least 4 members (excludes halogenated alkanes) is 1. The molecule has 5 aromatic rings. The van der Waals surface area contributed by atoms with E-state index < -0.39 is 271 Å². The van der Waals surface area contributed by atoms with Crippen LogP contribution in [0.3, 0.4) is 0 Å². The Labute approximate surface area is 863 Å². The molecule has 4 aliphatic heterocycles. The van der Waals surface area contributed by atoms with Crippen LogP contribution in [0.2, 0.25) is 5.02 Å². The van der Waals surface area contributed by atoms with Crippen molar-refractivity contribution in [3.8, 4) is 5.75 Å². The molecule has 44 nitrogen and oxygen atoms in total. The van der Waals surface area contributed by atoms with E-state index in [4.69, 9.17) is 41.0 Å². The predicted octanol–water partition coefficient (Wildman–Crippen LogP) is 1.08. The first-order chi connectivity index (χ1) is 69.3. The number of rotatable bonds is 39. The minimum absolute atomic E-state index is 0.0164. The molecule has 0 radical (unpaired) electrons. The molecule has 0 unspecified atom stereocenters. The van der Waals surface area contributed by atoms with E-state index in [0.29, 0.717) is 46.0 Å². The number of nitrogens with two attached hydrogens (primary N) is 1. The number of anilines is 1. The number of aliphatic hydroxyl groups excluding tert-OH is 3. The van der Waals surface area contributed by atoms with Gasteiger partial charge in [-0.25, -0.2) is 9.59 Å². The van der Waals surface area contributed by atoms with Gasteiger partial charge in [0.05, 0.1) is 63.0 Å². The number of halogens is 1. The number of hydrogen-bond donors (Lipinski definition) is 20. The first kappa shape index (κ1) is 117. The van der Waals surface area contributed by atoms with Crippen LogP contribution >= 0.6 is 54.8 Å². The van der Waals surface area contributed by atoms with Crippen molar-refractivity contribution in [1.29, 1.82) is 0 Å². The maximum absolute atomic E-state index is 15.5. The number of amides is 14. The lowest BCUT2D eigenvalue weighted by molar-refractivity contribution is -0.162. The first-order valence-corrected chi connectivity index (χ1v) is 52.5. The van der Waals surface area contributed by atoms with Crippen LogP contribution in [0.5, 0.6) is 5.75 Å². The molecule has 3 fully saturated rings. The van der Waals surface area contributed by atoms with E-state index in [0.717, 1.165) is 60.6 Å². The van der Waals surface area contributed by atoms with E-state index in [2.05, 4.69) is 68.8 Å². The lowest BCUT2D eigenvalue weighted by atomic mass is 9.83. The number of nitrogens with one attached hydrogen (secondary N) is 13. The summed E-state index contributed by atoms with van der Waals surface area (Å²) in [5.41, 5.74) is 6.15. The Bertz CT molecular complexity index is 5540. The molecule has 0 saturated carbocycles. The van der Waals surface area contributed by atoms with Crippen molar-refractivity contribution in [3.63, 3.8) is 0 Å². The zero-order valence-corrected chi connectivity index (χ0v) is 86.4. The van der Waals surface area contributed by atoms with Gasteiger partial charge < -0.3 is 133 Å². The molecule has 0 aliphatic carbocycles. The maximum atomic E-state index is 15.5. The van der Waals surface area contributed by atoms with Gasteiger partial charge in [-0.15, -0.1) is 0 Å². The van der Waals surface area contributed by atoms with Crippen LogP contribution in [0, 0.1) is 5.92 Å². The maximum Gasteiger partial charge on any atom is 0.409 e. The minimum atomic E-state index is -2.22. The number of likely N-dealkylation sites (N-methyl/N-ethyl adjacent to an activating group) is 1. The molecule has 4 aliphatic rings. The third-order valence-electron chi connectivity index (χ3n) is 25.1. The molecule has 146 heavy (non-hydrogen) atoms. The highest BCUT2D eigenvalue weighted by Gasteiger charge is 2.65. The molecule has 0 spiro atoms. The predicted molar refractivity (Wildman–Crippen MR) is 542 cm³/mol. The monoisotopic (exact) mass is 2130 g/mol. The lowest BCUT2D eigenvalue weighted by Crippen LogP contribution is -2.63. The first-order valence-electron chi connectivity index (χ1n) is 47.2. The molecule has 1 aromatic heterocycles. The smallest absolute Gasteiger partial charge is 0.409 e. The van der Waals surface area contributed by atoms with E-state index in [-0.39, 0.29) is 73.0 Å². The number of para-hydroxylation sites is 1.